The number of halogens is 3. The molecule has 1 aliphatic rings. The van der Waals surface area contributed by atoms with Gasteiger partial charge in [0.2, 0.25) is 0 Å². The van der Waals surface area contributed by atoms with Gasteiger partial charge in [0, 0.05) is 19.3 Å². The van der Waals surface area contributed by atoms with Crippen LogP contribution in [-0.4, -0.2) is 46.8 Å². The minimum absolute atomic E-state index is 0.146. The summed E-state index contributed by atoms with van der Waals surface area (Å²) in [5, 5.41) is 7.40. The zero-order valence-electron chi connectivity index (χ0n) is 13.8. The molecule has 0 bridgehead atoms. The molecule has 3 rings (SSSR count). The Balaban J connectivity index is 1.79. The maximum absolute atomic E-state index is 12.8. The van der Waals surface area contributed by atoms with Gasteiger partial charge in [-0.15, -0.1) is 0 Å². The molecule has 2 aromatic rings. The average Bonchev–Trinajstić information content (AvgIpc) is 3.11. The van der Waals surface area contributed by atoms with E-state index in [1.54, 1.807) is 11.9 Å². The molecule has 0 aliphatic carbocycles. The number of amides is 1. The average molecular weight is 352 g/mol. The van der Waals surface area contributed by atoms with Gasteiger partial charge in [-0.3, -0.25) is 4.79 Å². The van der Waals surface area contributed by atoms with E-state index in [1.165, 1.54) is 29.1 Å². The van der Waals surface area contributed by atoms with Crippen molar-refractivity contribution in [2.24, 2.45) is 0 Å². The summed E-state index contributed by atoms with van der Waals surface area (Å²) in [5.41, 5.74) is -0.267. The number of hydrogen-bond acceptors (Lipinski definition) is 3. The van der Waals surface area contributed by atoms with Crippen LogP contribution < -0.4 is 5.32 Å². The third-order valence-electron chi connectivity index (χ3n) is 4.42. The Kier molecular flexibility index (Phi) is 4.80. The zero-order chi connectivity index (χ0) is 18.0. The van der Waals surface area contributed by atoms with Gasteiger partial charge < -0.3 is 10.2 Å². The summed E-state index contributed by atoms with van der Waals surface area (Å²) in [6.07, 6.45) is -1.18. The number of hydrogen-bond donors (Lipinski definition) is 1. The normalized spacial score (nSPS) is 16.0. The van der Waals surface area contributed by atoms with Gasteiger partial charge in [0.25, 0.3) is 5.91 Å². The highest BCUT2D eigenvalue weighted by atomic mass is 19.4. The highest BCUT2D eigenvalue weighted by Crippen LogP contribution is 2.30. The highest BCUT2D eigenvalue weighted by molar-refractivity contribution is 5.92. The third kappa shape index (κ3) is 3.84. The summed E-state index contributed by atoms with van der Waals surface area (Å²) in [6.45, 7) is 1.72. The van der Waals surface area contributed by atoms with Gasteiger partial charge in [0.15, 0.2) is 5.69 Å². The lowest BCUT2D eigenvalue weighted by Crippen LogP contribution is -2.44. The first-order chi connectivity index (χ1) is 11.9. The minimum atomic E-state index is -4.42. The number of aromatic nitrogens is 2. The maximum Gasteiger partial charge on any atom is 0.416 e. The zero-order valence-corrected chi connectivity index (χ0v) is 13.8. The second kappa shape index (κ2) is 6.87. The van der Waals surface area contributed by atoms with Crippen LogP contribution in [0.1, 0.15) is 28.9 Å². The first kappa shape index (κ1) is 17.5. The van der Waals surface area contributed by atoms with Gasteiger partial charge in [0.05, 0.1) is 11.3 Å². The van der Waals surface area contributed by atoms with E-state index in [0.717, 1.165) is 38.1 Å². The first-order valence-corrected chi connectivity index (χ1v) is 8.07. The van der Waals surface area contributed by atoms with Crippen LogP contribution in [0.5, 0.6) is 0 Å². The van der Waals surface area contributed by atoms with Gasteiger partial charge in [-0.2, -0.15) is 18.3 Å². The summed E-state index contributed by atoms with van der Waals surface area (Å²) >= 11 is 0. The molecule has 1 saturated heterocycles. The third-order valence-corrected chi connectivity index (χ3v) is 4.42. The van der Waals surface area contributed by atoms with Gasteiger partial charge in [-0.05, 0) is 50.2 Å². The largest absolute Gasteiger partial charge is 0.416 e. The van der Waals surface area contributed by atoms with Crippen LogP contribution in [0.3, 0.4) is 0 Å². The van der Waals surface area contributed by atoms with E-state index in [2.05, 4.69) is 10.4 Å². The molecule has 8 heteroatoms. The van der Waals surface area contributed by atoms with Crippen molar-refractivity contribution in [3.63, 3.8) is 0 Å². The molecule has 1 aromatic carbocycles. The molecule has 0 spiro atoms. The van der Waals surface area contributed by atoms with Crippen molar-refractivity contribution in [2.75, 3.05) is 20.1 Å². The molecule has 1 amide bonds. The number of nitrogens with zero attached hydrogens (tertiary/aromatic N) is 3. The summed E-state index contributed by atoms with van der Waals surface area (Å²) in [4.78, 5) is 14.2. The smallest absolute Gasteiger partial charge is 0.337 e. The van der Waals surface area contributed by atoms with Gasteiger partial charge in [0.1, 0.15) is 0 Å². The minimum Gasteiger partial charge on any atom is -0.337 e. The predicted molar refractivity (Wildman–Crippen MR) is 86.6 cm³/mol. The first-order valence-electron chi connectivity index (χ1n) is 8.07. The van der Waals surface area contributed by atoms with E-state index in [-0.39, 0.29) is 23.3 Å². The van der Waals surface area contributed by atoms with Crippen molar-refractivity contribution >= 4 is 5.91 Å². The maximum atomic E-state index is 12.8. The molecule has 5 nitrogen and oxygen atoms in total. The highest BCUT2D eigenvalue weighted by Gasteiger charge is 2.30. The van der Waals surface area contributed by atoms with Crippen molar-refractivity contribution in [2.45, 2.75) is 25.1 Å². The van der Waals surface area contributed by atoms with Crippen LogP contribution in [0.25, 0.3) is 5.69 Å². The molecule has 134 valence electrons. The van der Waals surface area contributed by atoms with E-state index >= 15 is 0 Å². The van der Waals surface area contributed by atoms with Crippen LogP contribution in [0.2, 0.25) is 0 Å². The number of carbonyl (C=O) groups excluding carboxylic acids is 1. The Bertz CT molecular complexity index is 750. The fraction of sp³-hybridized carbons (Fsp3) is 0.412. The lowest BCUT2D eigenvalue weighted by molar-refractivity contribution is -0.137. The Morgan fingerprint density at radius 2 is 2.00 bits per heavy atom. The van der Waals surface area contributed by atoms with Crippen molar-refractivity contribution in [3.8, 4) is 5.69 Å². The number of benzene rings is 1. The van der Waals surface area contributed by atoms with Crippen LogP contribution in [-0.2, 0) is 6.18 Å². The monoisotopic (exact) mass is 352 g/mol. The molecule has 25 heavy (non-hydrogen) atoms. The molecule has 1 aliphatic heterocycles. The van der Waals surface area contributed by atoms with Crippen LogP contribution in [0, 0.1) is 0 Å². The Labute approximate surface area is 143 Å². The lowest BCUT2D eigenvalue weighted by Gasteiger charge is -2.31. The van der Waals surface area contributed by atoms with Crippen molar-refractivity contribution < 1.29 is 18.0 Å². The summed E-state index contributed by atoms with van der Waals surface area (Å²) in [5.74, 6) is -0.224. The number of piperidine rings is 1. The number of nitrogens with one attached hydrogen (secondary N) is 1. The van der Waals surface area contributed by atoms with Crippen molar-refractivity contribution in [3.05, 3.63) is 47.8 Å². The van der Waals surface area contributed by atoms with E-state index in [4.69, 9.17) is 0 Å². The molecular formula is C17H19F3N4O. The molecular weight excluding hydrogens is 333 g/mol. The van der Waals surface area contributed by atoms with Crippen molar-refractivity contribution in [1.29, 1.82) is 0 Å². The summed E-state index contributed by atoms with van der Waals surface area (Å²) in [7, 11) is 1.74. The molecule has 0 saturated carbocycles. The van der Waals surface area contributed by atoms with Crippen LogP contribution >= 0.6 is 0 Å². The number of rotatable bonds is 3. The van der Waals surface area contributed by atoms with E-state index < -0.39 is 11.7 Å². The fourth-order valence-electron chi connectivity index (χ4n) is 2.95. The van der Waals surface area contributed by atoms with Crippen molar-refractivity contribution in [1.82, 2.24) is 20.0 Å². The van der Waals surface area contributed by atoms with Gasteiger partial charge >= 0.3 is 6.18 Å². The Morgan fingerprint density at radius 1 is 1.28 bits per heavy atom. The predicted octanol–water partition coefficient (Wildman–Crippen LogP) is 2.72. The van der Waals surface area contributed by atoms with Gasteiger partial charge in [-0.1, -0.05) is 6.07 Å². The molecule has 1 N–H and O–H groups in total. The Morgan fingerprint density at radius 3 is 2.68 bits per heavy atom. The molecule has 0 radical (unpaired) electrons. The fourth-order valence-corrected chi connectivity index (χ4v) is 2.95. The standard InChI is InChI=1S/C17H19F3N4O/c1-23(13-5-8-21-9-6-13)16(25)15-7-10-24(22-15)14-4-2-3-12(11-14)17(18,19)20/h2-4,7,10-11,13,21H,5-6,8-9H2,1H3. The van der Waals surface area contributed by atoms with Crippen LogP contribution in [0.4, 0.5) is 13.2 Å². The van der Waals surface area contributed by atoms with E-state index in [1.807, 2.05) is 0 Å². The van der Waals surface area contributed by atoms with E-state index in [9.17, 15) is 18.0 Å². The topological polar surface area (TPSA) is 50.2 Å². The molecule has 1 fully saturated rings. The second-order valence-corrected chi connectivity index (χ2v) is 6.09. The van der Waals surface area contributed by atoms with E-state index in [0.29, 0.717) is 0 Å². The summed E-state index contributed by atoms with van der Waals surface area (Å²) in [6, 6.07) is 6.53. The second-order valence-electron chi connectivity index (χ2n) is 6.09. The number of alkyl halides is 3. The molecule has 0 atom stereocenters. The molecule has 0 unspecified atom stereocenters. The molecule has 2 heterocycles. The quantitative estimate of drug-likeness (QED) is 0.924. The lowest BCUT2D eigenvalue weighted by atomic mass is 10.1. The SMILES string of the molecule is CN(C(=O)c1ccn(-c2cccc(C(F)(F)F)c2)n1)C1CCNCC1. The Hall–Kier alpha value is -2.35. The number of carbonyl (C=O) groups is 1. The summed E-state index contributed by atoms with van der Waals surface area (Å²) < 4.78 is 39.8. The molecule has 1 aromatic heterocycles. The van der Waals surface area contributed by atoms with Gasteiger partial charge in [-0.25, -0.2) is 4.68 Å². The van der Waals surface area contributed by atoms with Crippen LogP contribution in [0.15, 0.2) is 36.5 Å².